The summed E-state index contributed by atoms with van der Waals surface area (Å²) in [5.74, 6) is 0.726. The summed E-state index contributed by atoms with van der Waals surface area (Å²) in [6.07, 6.45) is 3.32. The molecule has 0 aliphatic heterocycles. The average Bonchev–Trinajstić information content (AvgIpc) is 3.28. The minimum Gasteiger partial charge on any atom is -0.332 e. The number of fused-ring (bicyclic) bond motifs is 2. The van der Waals surface area contributed by atoms with E-state index in [4.69, 9.17) is 4.52 Å². The molecule has 0 radical (unpaired) electrons. The molecule has 0 aliphatic carbocycles. The molecule has 126 valence electrons. The summed E-state index contributed by atoms with van der Waals surface area (Å²) in [5, 5.41) is 8.44. The number of aryl methyl sites for hydroxylation is 2. The fourth-order valence-corrected chi connectivity index (χ4v) is 2.93. The van der Waals surface area contributed by atoms with Crippen LogP contribution in [0, 0.1) is 13.8 Å². The lowest BCUT2D eigenvalue weighted by Gasteiger charge is -2.00. The van der Waals surface area contributed by atoms with Crippen molar-refractivity contribution in [2.45, 2.75) is 13.8 Å². The molecule has 0 N–H and O–H groups in total. The first-order chi connectivity index (χ1) is 12.7. The van der Waals surface area contributed by atoms with E-state index in [-0.39, 0.29) is 0 Å². The monoisotopic (exact) mass is 343 g/mol. The summed E-state index contributed by atoms with van der Waals surface area (Å²) >= 11 is 0. The van der Waals surface area contributed by atoms with E-state index in [1.165, 1.54) is 0 Å². The summed E-state index contributed by atoms with van der Waals surface area (Å²) < 4.78 is 7.16. The van der Waals surface area contributed by atoms with E-state index in [9.17, 15) is 0 Å². The first-order valence-electron chi connectivity index (χ1n) is 8.07. The van der Waals surface area contributed by atoms with Gasteiger partial charge in [0.1, 0.15) is 5.69 Å². The predicted molar refractivity (Wildman–Crippen MR) is 94.3 cm³/mol. The van der Waals surface area contributed by atoms with Crippen molar-refractivity contribution in [1.29, 1.82) is 0 Å². The van der Waals surface area contributed by atoms with Crippen LogP contribution in [-0.4, -0.2) is 34.7 Å². The van der Waals surface area contributed by atoms with E-state index in [1.807, 2.05) is 44.2 Å². The number of aromatic nitrogens is 7. The van der Waals surface area contributed by atoms with Crippen LogP contribution in [0.25, 0.3) is 39.7 Å². The molecule has 1 aromatic carbocycles. The average molecular weight is 343 g/mol. The van der Waals surface area contributed by atoms with Crippen LogP contribution >= 0.6 is 0 Å². The van der Waals surface area contributed by atoms with Gasteiger partial charge < -0.3 is 4.52 Å². The van der Waals surface area contributed by atoms with Crippen LogP contribution in [0.3, 0.4) is 0 Å². The van der Waals surface area contributed by atoms with Crippen LogP contribution in [0.4, 0.5) is 0 Å². The van der Waals surface area contributed by atoms with Crippen LogP contribution in [0.1, 0.15) is 11.4 Å². The molecule has 0 unspecified atom stereocenters. The number of hydrogen-bond acceptors (Lipinski definition) is 7. The highest BCUT2D eigenvalue weighted by Gasteiger charge is 2.18. The van der Waals surface area contributed by atoms with Crippen molar-refractivity contribution in [3.63, 3.8) is 0 Å². The third kappa shape index (κ3) is 2.23. The molecule has 26 heavy (non-hydrogen) atoms. The summed E-state index contributed by atoms with van der Waals surface area (Å²) in [4.78, 5) is 17.9. The summed E-state index contributed by atoms with van der Waals surface area (Å²) in [6, 6.07) is 9.60. The predicted octanol–water partition coefficient (Wildman–Crippen LogP) is 3.01. The molecule has 4 aromatic heterocycles. The molecule has 8 heteroatoms. The Morgan fingerprint density at radius 3 is 2.69 bits per heavy atom. The van der Waals surface area contributed by atoms with Gasteiger partial charge in [-0.3, -0.25) is 4.98 Å². The third-order valence-corrected chi connectivity index (χ3v) is 4.11. The minimum atomic E-state index is 0.307. The number of para-hydroxylation sites is 2. The second-order valence-electron chi connectivity index (χ2n) is 6.00. The fourth-order valence-electron chi connectivity index (χ4n) is 2.93. The zero-order chi connectivity index (χ0) is 17.7. The van der Waals surface area contributed by atoms with Crippen molar-refractivity contribution in [2.24, 2.45) is 0 Å². The van der Waals surface area contributed by atoms with Crippen LogP contribution < -0.4 is 0 Å². The van der Waals surface area contributed by atoms with Crippen LogP contribution in [0.2, 0.25) is 0 Å². The van der Waals surface area contributed by atoms with Gasteiger partial charge in [0.25, 0.3) is 5.89 Å². The van der Waals surface area contributed by atoms with Gasteiger partial charge >= 0.3 is 0 Å². The Bertz CT molecular complexity index is 1270. The molecule has 0 saturated carbocycles. The highest BCUT2D eigenvalue weighted by Crippen LogP contribution is 2.25. The number of hydrogen-bond donors (Lipinski definition) is 0. The molecular weight excluding hydrogens is 330 g/mol. The Labute approximate surface area is 147 Å². The fraction of sp³-hybridized carbons (Fsp3) is 0.111. The zero-order valence-corrected chi connectivity index (χ0v) is 14.1. The van der Waals surface area contributed by atoms with Crippen molar-refractivity contribution >= 4 is 16.7 Å². The van der Waals surface area contributed by atoms with E-state index >= 15 is 0 Å². The molecule has 0 atom stereocenters. The van der Waals surface area contributed by atoms with Crippen molar-refractivity contribution < 1.29 is 4.52 Å². The minimum absolute atomic E-state index is 0.307. The molecule has 0 spiro atoms. The smallest absolute Gasteiger partial charge is 0.278 e. The van der Waals surface area contributed by atoms with Gasteiger partial charge in [-0.15, -0.1) is 0 Å². The Morgan fingerprint density at radius 1 is 0.962 bits per heavy atom. The molecular formula is C18H13N7O. The molecule has 0 saturated heterocycles. The zero-order valence-electron chi connectivity index (χ0n) is 14.1. The quantitative estimate of drug-likeness (QED) is 0.486. The van der Waals surface area contributed by atoms with Gasteiger partial charge in [0.05, 0.1) is 29.0 Å². The van der Waals surface area contributed by atoms with Gasteiger partial charge in [0.15, 0.2) is 5.65 Å². The van der Waals surface area contributed by atoms with Gasteiger partial charge in [-0.1, -0.05) is 17.3 Å². The largest absolute Gasteiger partial charge is 0.332 e. The van der Waals surface area contributed by atoms with E-state index in [0.29, 0.717) is 28.6 Å². The van der Waals surface area contributed by atoms with E-state index in [2.05, 4.69) is 30.2 Å². The van der Waals surface area contributed by atoms with E-state index in [0.717, 1.165) is 22.4 Å². The third-order valence-electron chi connectivity index (χ3n) is 4.11. The molecule has 4 heterocycles. The van der Waals surface area contributed by atoms with Gasteiger partial charge in [0, 0.05) is 11.4 Å². The highest BCUT2D eigenvalue weighted by atomic mass is 16.5. The van der Waals surface area contributed by atoms with Gasteiger partial charge in [-0.05, 0) is 32.0 Å². The van der Waals surface area contributed by atoms with Gasteiger partial charge in [-0.2, -0.15) is 10.1 Å². The van der Waals surface area contributed by atoms with Gasteiger partial charge in [-0.25, -0.2) is 14.5 Å². The van der Waals surface area contributed by atoms with E-state index in [1.54, 1.807) is 16.9 Å². The molecule has 0 bridgehead atoms. The maximum atomic E-state index is 5.40. The molecule has 0 amide bonds. The first kappa shape index (κ1) is 14.6. The second kappa shape index (κ2) is 5.41. The van der Waals surface area contributed by atoms with Crippen LogP contribution in [-0.2, 0) is 0 Å². The number of benzene rings is 1. The lowest BCUT2D eigenvalue weighted by Crippen LogP contribution is -1.97. The van der Waals surface area contributed by atoms with Gasteiger partial charge in [0.2, 0.25) is 5.82 Å². The Kier molecular flexibility index (Phi) is 3.05. The molecule has 8 nitrogen and oxygen atoms in total. The van der Waals surface area contributed by atoms with Crippen LogP contribution in [0.15, 0.2) is 47.2 Å². The normalized spacial score (nSPS) is 11.5. The Balaban J connectivity index is 1.62. The molecule has 0 aliphatic rings. The maximum absolute atomic E-state index is 5.40. The molecule has 5 aromatic rings. The van der Waals surface area contributed by atoms with Crippen molar-refractivity contribution in [3.8, 4) is 23.0 Å². The lowest BCUT2D eigenvalue weighted by atomic mass is 10.3. The SMILES string of the molecule is Cc1cc(C)n2ncc(-c3noc(-c4cnc5ccccc5n4)n3)c2n1. The standard InChI is InChI=1S/C18H13N7O/c1-10-7-11(2)25-17(21-10)12(8-20-25)16-23-18(26-24-16)15-9-19-13-5-3-4-6-14(13)22-15/h3-9H,1-2H3. The van der Waals surface area contributed by atoms with Crippen molar-refractivity contribution in [1.82, 2.24) is 34.7 Å². The number of nitrogens with zero attached hydrogens (tertiary/aromatic N) is 7. The summed E-state index contributed by atoms with van der Waals surface area (Å²) in [5.41, 5.74) is 5.41. The maximum Gasteiger partial charge on any atom is 0.278 e. The highest BCUT2D eigenvalue weighted by molar-refractivity contribution is 5.76. The van der Waals surface area contributed by atoms with Crippen molar-refractivity contribution in [3.05, 3.63) is 54.1 Å². The Morgan fingerprint density at radius 2 is 1.81 bits per heavy atom. The number of rotatable bonds is 2. The summed E-state index contributed by atoms with van der Waals surface area (Å²) in [7, 11) is 0. The molecule has 0 fully saturated rings. The topological polar surface area (TPSA) is 94.9 Å². The Hall–Kier alpha value is -3.68. The van der Waals surface area contributed by atoms with Crippen molar-refractivity contribution in [2.75, 3.05) is 0 Å². The first-order valence-corrected chi connectivity index (χ1v) is 8.07. The second-order valence-corrected chi connectivity index (χ2v) is 6.00. The summed E-state index contributed by atoms with van der Waals surface area (Å²) in [6.45, 7) is 3.92. The molecule has 5 rings (SSSR count). The lowest BCUT2D eigenvalue weighted by molar-refractivity contribution is 0.431. The van der Waals surface area contributed by atoms with Crippen LogP contribution in [0.5, 0.6) is 0 Å². The van der Waals surface area contributed by atoms with E-state index < -0.39 is 0 Å².